The lowest BCUT2D eigenvalue weighted by Gasteiger charge is -2.03. The Morgan fingerprint density at radius 3 is 2.43 bits per heavy atom. The fourth-order valence-corrected chi connectivity index (χ4v) is 2.71. The molecule has 4 heteroatoms. The van der Waals surface area contributed by atoms with Crippen LogP contribution in [0.1, 0.15) is 13.8 Å². The van der Waals surface area contributed by atoms with Crippen molar-refractivity contribution >= 4 is 10.8 Å². The van der Waals surface area contributed by atoms with Crippen molar-refractivity contribution in [3.63, 3.8) is 0 Å². The molecule has 0 amide bonds. The van der Waals surface area contributed by atoms with Gasteiger partial charge in [0.2, 0.25) is 5.56 Å². The molecule has 1 aliphatic carbocycles. The van der Waals surface area contributed by atoms with Crippen LogP contribution >= 0.6 is 0 Å². The van der Waals surface area contributed by atoms with E-state index in [0.29, 0.717) is 4.90 Å². The van der Waals surface area contributed by atoms with Gasteiger partial charge in [0.1, 0.15) is 0 Å². The van der Waals surface area contributed by atoms with Crippen LogP contribution in [-0.4, -0.2) is 9.19 Å². The van der Waals surface area contributed by atoms with Crippen molar-refractivity contribution in [2.45, 2.75) is 18.7 Å². The highest BCUT2D eigenvalue weighted by atomic mass is 32.2. The Bertz CT molecular complexity index is 465. The first-order valence-electron chi connectivity index (χ1n) is 4.34. The van der Waals surface area contributed by atoms with E-state index in [1.807, 2.05) is 19.9 Å². The molecule has 1 aliphatic rings. The molecule has 1 heterocycles. The van der Waals surface area contributed by atoms with Gasteiger partial charge in [-0.05, 0) is 6.07 Å². The van der Waals surface area contributed by atoms with Crippen LogP contribution in [0.15, 0.2) is 39.0 Å². The van der Waals surface area contributed by atoms with Gasteiger partial charge >= 0.3 is 0 Å². The molecule has 1 aromatic rings. The van der Waals surface area contributed by atoms with Crippen LogP contribution in [0.25, 0.3) is 0 Å². The zero-order valence-electron chi connectivity index (χ0n) is 8.03. The number of hydrogen-bond acceptors (Lipinski definition) is 2. The highest BCUT2D eigenvalue weighted by Crippen LogP contribution is 2.46. The Kier molecular flexibility index (Phi) is 1.96. The molecule has 1 aromatic heterocycles. The number of hydrogen-bond donors (Lipinski definition) is 1. The van der Waals surface area contributed by atoms with E-state index in [1.165, 1.54) is 12.3 Å². The molecule has 14 heavy (non-hydrogen) atoms. The van der Waals surface area contributed by atoms with E-state index in [0.717, 1.165) is 4.91 Å². The molecule has 0 aliphatic heterocycles. The Hall–Kier alpha value is -1.16. The summed E-state index contributed by atoms with van der Waals surface area (Å²) in [6.45, 7) is 4.04. The molecule has 1 unspecified atom stereocenters. The smallest absolute Gasteiger partial charge is 0.247 e. The van der Waals surface area contributed by atoms with Gasteiger partial charge in [-0.2, -0.15) is 0 Å². The number of aromatic nitrogens is 1. The largest absolute Gasteiger partial charge is 0.328 e. The van der Waals surface area contributed by atoms with Gasteiger partial charge in [-0.1, -0.05) is 19.9 Å². The molecule has 0 aromatic carbocycles. The fourth-order valence-electron chi connectivity index (χ4n) is 1.22. The maximum atomic E-state index is 11.9. The predicted molar refractivity (Wildman–Crippen MR) is 55.3 cm³/mol. The number of rotatable bonds is 2. The van der Waals surface area contributed by atoms with Gasteiger partial charge in [0, 0.05) is 22.6 Å². The summed E-state index contributed by atoms with van der Waals surface area (Å²) in [5.41, 5.74) is -0.184. The van der Waals surface area contributed by atoms with Crippen molar-refractivity contribution in [3.8, 4) is 0 Å². The minimum absolute atomic E-state index is 0.0129. The van der Waals surface area contributed by atoms with Crippen LogP contribution in [-0.2, 0) is 10.8 Å². The summed E-state index contributed by atoms with van der Waals surface area (Å²) in [6, 6.07) is 2.99. The molecular weight excluding hydrogens is 198 g/mol. The molecule has 0 fully saturated rings. The van der Waals surface area contributed by atoms with Crippen molar-refractivity contribution in [2.24, 2.45) is 5.41 Å². The number of pyridine rings is 1. The normalized spacial score (nSPS) is 20.0. The Balaban J connectivity index is 2.26. The van der Waals surface area contributed by atoms with E-state index < -0.39 is 10.8 Å². The van der Waals surface area contributed by atoms with E-state index in [1.54, 1.807) is 6.07 Å². The van der Waals surface area contributed by atoms with E-state index >= 15 is 0 Å². The standard InChI is InChI=1S/C10H11NO2S/c1-10(2)5-8(10)14(13)7-3-4-9(12)11-6-7/h3-6H,1-2H3,(H,11,12). The lowest BCUT2D eigenvalue weighted by Crippen LogP contribution is -2.05. The molecule has 1 atom stereocenters. The molecule has 0 saturated carbocycles. The van der Waals surface area contributed by atoms with Crippen molar-refractivity contribution in [1.29, 1.82) is 0 Å². The molecule has 0 saturated heterocycles. The Labute approximate surface area is 84.3 Å². The van der Waals surface area contributed by atoms with Crippen LogP contribution in [0.5, 0.6) is 0 Å². The zero-order chi connectivity index (χ0) is 10.3. The minimum atomic E-state index is -1.11. The highest BCUT2D eigenvalue weighted by molar-refractivity contribution is 7.89. The van der Waals surface area contributed by atoms with Crippen LogP contribution in [0.2, 0.25) is 0 Å². The summed E-state index contributed by atoms with van der Waals surface area (Å²) in [6.07, 6.45) is 3.49. The molecule has 0 radical (unpaired) electrons. The summed E-state index contributed by atoms with van der Waals surface area (Å²) in [5.74, 6) is 0. The van der Waals surface area contributed by atoms with Gasteiger partial charge in [-0.25, -0.2) is 4.21 Å². The van der Waals surface area contributed by atoms with Gasteiger partial charge < -0.3 is 4.98 Å². The number of nitrogens with one attached hydrogen (secondary N) is 1. The first-order chi connectivity index (χ1) is 6.50. The van der Waals surface area contributed by atoms with Gasteiger partial charge in [0.25, 0.3) is 0 Å². The van der Waals surface area contributed by atoms with E-state index in [2.05, 4.69) is 4.98 Å². The summed E-state index contributed by atoms with van der Waals surface area (Å²) in [7, 11) is -1.11. The molecular formula is C10H11NO2S. The van der Waals surface area contributed by atoms with Crippen molar-refractivity contribution in [3.05, 3.63) is 39.7 Å². The lowest BCUT2D eigenvalue weighted by atomic mass is 10.2. The maximum Gasteiger partial charge on any atom is 0.247 e. The van der Waals surface area contributed by atoms with E-state index in [4.69, 9.17) is 0 Å². The third-order valence-corrected chi connectivity index (χ3v) is 3.94. The first kappa shape index (κ1) is 9.40. The topological polar surface area (TPSA) is 49.9 Å². The molecule has 0 spiro atoms. The molecule has 74 valence electrons. The quantitative estimate of drug-likeness (QED) is 0.800. The van der Waals surface area contributed by atoms with Crippen molar-refractivity contribution in [2.75, 3.05) is 0 Å². The molecule has 3 nitrogen and oxygen atoms in total. The molecule has 2 rings (SSSR count). The number of aromatic amines is 1. The third-order valence-electron chi connectivity index (χ3n) is 2.21. The summed E-state index contributed by atoms with van der Waals surface area (Å²) in [5, 5.41) is 0. The van der Waals surface area contributed by atoms with Crippen LogP contribution < -0.4 is 5.56 Å². The highest BCUT2D eigenvalue weighted by Gasteiger charge is 2.38. The Morgan fingerprint density at radius 1 is 1.36 bits per heavy atom. The van der Waals surface area contributed by atoms with Crippen LogP contribution in [0.4, 0.5) is 0 Å². The zero-order valence-corrected chi connectivity index (χ0v) is 8.85. The number of H-pyrrole nitrogens is 1. The van der Waals surface area contributed by atoms with Gasteiger partial charge in [0.05, 0.1) is 15.7 Å². The summed E-state index contributed by atoms with van der Waals surface area (Å²) in [4.78, 5) is 14.9. The van der Waals surface area contributed by atoms with E-state index in [-0.39, 0.29) is 11.0 Å². The Morgan fingerprint density at radius 2 is 2.00 bits per heavy atom. The second-order valence-electron chi connectivity index (χ2n) is 3.89. The van der Waals surface area contributed by atoms with E-state index in [9.17, 15) is 9.00 Å². The summed E-state index contributed by atoms with van der Waals surface area (Å²) >= 11 is 0. The average Bonchev–Trinajstić information content (AvgIpc) is 2.75. The van der Waals surface area contributed by atoms with Gasteiger partial charge in [-0.3, -0.25) is 4.79 Å². The minimum Gasteiger partial charge on any atom is -0.328 e. The average molecular weight is 209 g/mol. The lowest BCUT2D eigenvalue weighted by molar-refractivity contribution is 0.674. The summed E-state index contributed by atoms with van der Waals surface area (Å²) < 4.78 is 11.9. The van der Waals surface area contributed by atoms with Crippen LogP contribution in [0.3, 0.4) is 0 Å². The second kappa shape index (κ2) is 2.92. The second-order valence-corrected chi connectivity index (χ2v) is 5.34. The monoisotopic (exact) mass is 209 g/mol. The molecule has 0 bridgehead atoms. The SMILES string of the molecule is CC1(C)C=C1S(=O)c1ccc(=O)[nH]c1. The maximum absolute atomic E-state index is 11.9. The number of allylic oxidation sites excluding steroid dienone is 2. The van der Waals surface area contributed by atoms with Gasteiger partial charge in [-0.15, -0.1) is 0 Å². The van der Waals surface area contributed by atoms with Crippen LogP contribution in [0, 0.1) is 5.41 Å². The molecule has 1 N–H and O–H groups in total. The third kappa shape index (κ3) is 1.57. The first-order valence-corrected chi connectivity index (χ1v) is 5.49. The van der Waals surface area contributed by atoms with Crippen molar-refractivity contribution < 1.29 is 4.21 Å². The predicted octanol–water partition coefficient (Wildman–Crippen LogP) is 1.41. The van der Waals surface area contributed by atoms with Crippen molar-refractivity contribution in [1.82, 2.24) is 4.98 Å². The fraction of sp³-hybridized carbons (Fsp3) is 0.300. The van der Waals surface area contributed by atoms with Gasteiger partial charge in [0.15, 0.2) is 0 Å².